The van der Waals surface area contributed by atoms with Crippen LogP contribution in [-0.4, -0.2) is 38.0 Å². The Labute approximate surface area is 186 Å². The van der Waals surface area contributed by atoms with Crippen LogP contribution in [0.4, 0.5) is 13.2 Å². The normalized spacial score (nSPS) is 12.0. The van der Waals surface area contributed by atoms with Crippen LogP contribution in [0, 0.1) is 11.8 Å². The number of rotatable bonds is 3. The molecule has 166 valence electrons. The molecule has 0 amide bonds. The zero-order valence-electron chi connectivity index (χ0n) is 17.3. The molecular weight excluding hydrogens is 435 g/mol. The maximum absolute atomic E-state index is 12.7. The highest BCUT2D eigenvalue weighted by atomic mass is 19.4. The van der Waals surface area contributed by atoms with Crippen LogP contribution in [0.2, 0.25) is 0 Å². The Bertz CT molecular complexity index is 1400. The van der Waals surface area contributed by atoms with Crippen molar-refractivity contribution in [2.75, 3.05) is 7.11 Å². The van der Waals surface area contributed by atoms with Crippen molar-refractivity contribution in [3.05, 3.63) is 77.6 Å². The van der Waals surface area contributed by atoms with Gasteiger partial charge in [0.2, 0.25) is 0 Å². The maximum atomic E-state index is 12.7. The molecule has 1 aliphatic rings. The molecule has 5 rings (SSSR count). The topological polar surface area (TPSA) is 67.0 Å². The van der Waals surface area contributed by atoms with Gasteiger partial charge in [0.25, 0.3) is 0 Å². The van der Waals surface area contributed by atoms with E-state index in [9.17, 15) is 13.2 Å². The van der Waals surface area contributed by atoms with Crippen molar-refractivity contribution >= 4 is 0 Å². The molecule has 0 radical (unpaired) electrons. The molecular formula is C23H16F3N5O2. The van der Waals surface area contributed by atoms with Crippen molar-refractivity contribution < 1.29 is 22.6 Å². The standard InChI is InChI=1S/C23H16F3N5O2/c1-32-17-9-10-19-21(12-17)31-16(13-28-29-31)11-20-18(27-14-30(19)20)7-4-6-15-5-2-3-8-22(15)33-23(24,25)26/h2-3,5,8-10,12-14H,6,11H2,1H3. The third kappa shape index (κ3) is 4.01. The van der Waals surface area contributed by atoms with E-state index in [1.54, 1.807) is 36.4 Å². The number of fused-ring (bicyclic) bond motifs is 5. The number of halogens is 3. The van der Waals surface area contributed by atoms with Gasteiger partial charge in [0.1, 0.15) is 23.5 Å². The maximum Gasteiger partial charge on any atom is 0.573 e. The van der Waals surface area contributed by atoms with Crippen LogP contribution in [0.3, 0.4) is 0 Å². The zero-order chi connectivity index (χ0) is 23.0. The number of imidazole rings is 1. The van der Waals surface area contributed by atoms with Gasteiger partial charge in [-0.15, -0.1) is 18.3 Å². The second-order valence-corrected chi connectivity index (χ2v) is 7.21. The third-order valence-electron chi connectivity index (χ3n) is 5.19. The summed E-state index contributed by atoms with van der Waals surface area (Å²) in [5.74, 6) is 6.35. The summed E-state index contributed by atoms with van der Waals surface area (Å²) < 4.78 is 51.1. The summed E-state index contributed by atoms with van der Waals surface area (Å²) >= 11 is 0. The summed E-state index contributed by atoms with van der Waals surface area (Å²) in [7, 11) is 1.59. The molecule has 1 aliphatic heterocycles. The van der Waals surface area contributed by atoms with Gasteiger partial charge in [-0.1, -0.05) is 29.3 Å². The van der Waals surface area contributed by atoms with E-state index in [4.69, 9.17) is 4.74 Å². The monoisotopic (exact) mass is 451 g/mol. The Balaban J connectivity index is 1.50. The van der Waals surface area contributed by atoms with E-state index in [2.05, 4.69) is 31.9 Å². The molecule has 0 atom stereocenters. The van der Waals surface area contributed by atoms with Gasteiger partial charge in [-0.05, 0) is 24.1 Å². The SMILES string of the molecule is COc1ccc2c(c1)-n1nncc1Cc1c(C#CCc3ccccc3OC(F)(F)F)ncn1-2. The van der Waals surface area contributed by atoms with Gasteiger partial charge in [-0.3, -0.25) is 4.57 Å². The van der Waals surface area contributed by atoms with Crippen LogP contribution in [0.5, 0.6) is 11.5 Å². The summed E-state index contributed by atoms with van der Waals surface area (Å²) in [6, 6.07) is 11.6. The molecule has 3 heterocycles. The Morgan fingerprint density at radius 3 is 2.79 bits per heavy atom. The third-order valence-corrected chi connectivity index (χ3v) is 5.19. The molecule has 2 aromatic heterocycles. The molecule has 33 heavy (non-hydrogen) atoms. The second-order valence-electron chi connectivity index (χ2n) is 7.21. The van der Waals surface area contributed by atoms with Crippen molar-refractivity contribution in [1.82, 2.24) is 24.5 Å². The van der Waals surface area contributed by atoms with Crippen molar-refractivity contribution in [2.45, 2.75) is 19.2 Å². The lowest BCUT2D eigenvalue weighted by Gasteiger charge is -2.11. The van der Waals surface area contributed by atoms with E-state index in [-0.39, 0.29) is 12.2 Å². The van der Waals surface area contributed by atoms with Gasteiger partial charge < -0.3 is 9.47 Å². The van der Waals surface area contributed by atoms with Gasteiger partial charge in [-0.25, -0.2) is 9.67 Å². The molecule has 4 aromatic rings. The predicted octanol–water partition coefficient (Wildman–Crippen LogP) is 3.86. The van der Waals surface area contributed by atoms with Gasteiger partial charge >= 0.3 is 6.36 Å². The average Bonchev–Trinajstić information content (AvgIpc) is 3.38. The van der Waals surface area contributed by atoms with Crippen LogP contribution >= 0.6 is 0 Å². The Hall–Kier alpha value is -4.26. The number of hydrogen-bond donors (Lipinski definition) is 0. The molecule has 0 fully saturated rings. The van der Waals surface area contributed by atoms with Crippen molar-refractivity contribution in [2.24, 2.45) is 0 Å². The van der Waals surface area contributed by atoms with Crippen LogP contribution in [0.15, 0.2) is 55.0 Å². The number of ether oxygens (including phenoxy) is 2. The van der Waals surface area contributed by atoms with Crippen LogP contribution in [0.25, 0.3) is 11.4 Å². The van der Waals surface area contributed by atoms with E-state index in [0.717, 1.165) is 22.8 Å². The highest BCUT2D eigenvalue weighted by Crippen LogP contribution is 2.31. The molecule has 0 N–H and O–H groups in total. The van der Waals surface area contributed by atoms with Crippen LogP contribution < -0.4 is 9.47 Å². The number of aromatic nitrogens is 5. The van der Waals surface area contributed by atoms with Crippen molar-refractivity contribution in [3.8, 4) is 34.7 Å². The summed E-state index contributed by atoms with van der Waals surface area (Å²) in [4.78, 5) is 4.45. The second kappa shape index (κ2) is 8.02. The highest BCUT2D eigenvalue weighted by molar-refractivity contribution is 5.59. The minimum Gasteiger partial charge on any atom is -0.497 e. The molecule has 0 spiro atoms. The molecule has 0 unspecified atom stereocenters. The number of benzene rings is 2. The fraction of sp³-hybridized carbons (Fsp3) is 0.174. The smallest absolute Gasteiger partial charge is 0.497 e. The molecule has 0 saturated carbocycles. The van der Waals surface area contributed by atoms with Crippen molar-refractivity contribution in [1.29, 1.82) is 0 Å². The number of alkyl halides is 3. The van der Waals surface area contributed by atoms with E-state index < -0.39 is 6.36 Å². The first kappa shape index (κ1) is 20.6. The summed E-state index contributed by atoms with van der Waals surface area (Å²) in [6.07, 6.45) is -0.871. The Morgan fingerprint density at radius 2 is 1.97 bits per heavy atom. The number of para-hydroxylation sites is 1. The molecule has 0 saturated heterocycles. The predicted molar refractivity (Wildman–Crippen MR) is 112 cm³/mol. The largest absolute Gasteiger partial charge is 0.573 e. The van der Waals surface area contributed by atoms with Gasteiger partial charge in [0.15, 0.2) is 0 Å². The molecule has 0 aliphatic carbocycles. The van der Waals surface area contributed by atoms with Gasteiger partial charge in [0.05, 0.1) is 36.1 Å². The minimum absolute atomic E-state index is 0.0752. The summed E-state index contributed by atoms with van der Waals surface area (Å²) in [5.41, 5.74) is 4.16. The molecule has 10 heteroatoms. The molecule has 7 nitrogen and oxygen atoms in total. The fourth-order valence-corrected chi connectivity index (χ4v) is 3.71. The first-order valence-electron chi connectivity index (χ1n) is 9.90. The zero-order valence-corrected chi connectivity index (χ0v) is 17.3. The first-order chi connectivity index (χ1) is 15.9. The quantitative estimate of drug-likeness (QED) is 0.390. The van der Waals surface area contributed by atoms with Gasteiger partial charge in [-0.2, -0.15) is 0 Å². The molecule has 2 aromatic carbocycles. The lowest BCUT2D eigenvalue weighted by Crippen LogP contribution is -2.18. The summed E-state index contributed by atoms with van der Waals surface area (Å²) in [5, 5.41) is 8.23. The Morgan fingerprint density at radius 1 is 1.12 bits per heavy atom. The summed E-state index contributed by atoms with van der Waals surface area (Å²) in [6.45, 7) is 0. The van der Waals surface area contributed by atoms with Gasteiger partial charge in [0, 0.05) is 24.5 Å². The minimum atomic E-state index is -4.77. The fourth-order valence-electron chi connectivity index (χ4n) is 3.71. The van der Waals surface area contributed by atoms with Crippen molar-refractivity contribution in [3.63, 3.8) is 0 Å². The van der Waals surface area contributed by atoms with E-state index in [1.165, 1.54) is 12.1 Å². The number of nitrogens with zero attached hydrogens (tertiary/aromatic N) is 5. The Kier molecular flexibility index (Phi) is 5.01. The van der Waals surface area contributed by atoms with Crippen LogP contribution in [0.1, 0.15) is 22.6 Å². The first-order valence-corrected chi connectivity index (χ1v) is 9.90. The number of methoxy groups -OCH3 is 1. The van der Waals surface area contributed by atoms with Crippen LogP contribution in [-0.2, 0) is 12.8 Å². The lowest BCUT2D eigenvalue weighted by molar-refractivity contribution is -0.274. The van der Waals surface area contributed by atoms with E-state index in [0.29, 0.717) is 23.4 Å². The lowest BCUT2D eigenvalue weighted by atomic mass is 10.1. The highest BCUT2D eigenvalue weighted by Gasteiger charge is 2.31. The average molecular weight is 451 g/mol. The number of hydrogen-bond acceptors (Lipinski definition) is 5. The van der Waals surface area contributed by atoms with E-state index >= 15 is 0 Å². The molecule has 0 bridgehead atoms. The van der Waals surface area contributed by atoms with E-state index in [1.807, 2.05) is 22.8 Å².